The number of aromatic amines is 1. The predicted octanol–water partition coefficient (Wildman–Crippen LogP) is 2.84. The van der Waals surface area contributed by atoms with Crippen LogP contribution in [0.1, 0.15) is 25.3 Å². The Hall–Kier alpha value is -3.62. The van der Waals surface area contributed by atoms with E-state index in [0.717, 1.165) is 0 Å². The first-order valence-electron chi connectivity index (χ1n) is 8.13. The lowest BCUT2D eigenvalue weighted by Crippen LogP contribution is -2.33. The van der Waals surface area contributed by atoms with E-state index in [1.165, 1.54) is 24.3 Å². The largest absolute Gasteiger partial charge is 0.476 e. The molecule has 0 aliphatic rings. The zero-order valence-electron chi connectivity index (χ0n) is 15.5. The van der Waals surface area contributed by atoms with Gasteiger partial charge in [-0.1, -0.05) is 37.0 Å². The van der Waals surface area contributed by atoms with Crippen LogP contribution in [-0.4, -0.2) is 33.0 Å². The number of hydrogen-bond acceptors (Lipinski definition) is 7. The summed E-state index contributed by atoms with van der Waals surface area (Å²) in [5.74, 6) is -1.80. The van der Waals surface area contributed by atoms with E-state index in [0.29, 0.717) is 10.6 Å². The average molecular weight is 453 g/mol. The van der Waals surface area contributed by atoms with Crippen LogP contribution >= 0.6 is 23.2 Å². The summed E-state index contributed by atoms with van der Waals surface area (Å²) in [4.78, 5) is 34.4. The number of nitriles is 1. The van der Waals surface area contributed by atoms with Crippen LogP contribution in [0.3, 0.4) is 0 Å². The molecule has 1 aromatic heterocycles. The van der Waals surface area contributed by atoms with Crippen molar-refractivity contribution in [2.45, 2.75) is 19.8 Å². The molecule has 0 aliphatic carbocycles. The van der Waals surface area contributed by atoms with E-state index in [1.54, 1.807) is 0 Å². The van der Waals surface area contributed by atoms with Crippen molar-refractivity contribution in [2.75, 3.05) is 5.01 Å². The van der Waals surface area contributed by atoms with Gasteiger partial charge < -0.3 is 15.6 Å². The molecule has 0 saturated carbocycles. The van der Waals surface area contributed by atoms with Gasteiger partial charge in [0.1, 0.15) is 6.07 Å². The van der Waals surface area contributed by atoms with Crippen LogP contribution in [-0.2, 0) is 4.79 Å². The monoisotopic (exact) mass is 452 g/mol. The number of carbonyl (C=O) groups is 2. The summed E-state index contributed by atoms with van der Waals surface area (Å²) in [5.41, 5.74) is 4.17. The molecule has 0 aliphatic heterocycles. The summed E-state index contributed by atoms with van der Waals surface area (Å²) >= 11 is 12.4. The quantitative estimate of drug-likeness (QED) is 0.445. The van der Waals surface area contributed by atoms with Crippen molar-refractivity contribution in [3.8, 4) is 17.7 Å². The Morgan fingerprint density at radius 2 is 1.93 bits per heavy atom. The van der Waals surface area contributed by atoms with Gasteiger partial charge in [0.15, 0.2) is 5.75 Å². The first kappa shape index (κ1) is 22.7. The second-order valence-electron chi connectivity index (χ2n) is 6.00. The summed E-state index contributed by atoms with van der Waals surface area (Å²) in [5, 5.41) is 27.5. The van der Waals surface area contributed by atoms with Gasteiger partial charge in [-0.25, -0.2) is 14.7 Å². The van der Waals surface area contributed by atoms with Gasteiger partial charge in [0.2, 0.25) is 11.6 Å². The van der Waals surface area contributed by atoms with Gasteiger partial charge in [-0.3, -0.25) is 4.79 Å². The molecule has 0 radical (unpaired) electrons. The highest BCUT2D eigenvalue weighted by Gasteiger charge is 2.21. The fourth-order valence-electron chi connectivity index (χ4n) is 2.20. The molecule has 1 heterocycles. The summed E-state index contributed by atoms with van der Waals surface area (Å²) in [6.45, 7) is 3.63. The van der Waals surface area contributed by atoms with Gasteiger partial charge in [-0.05, 0) is 18.1 Å². The Balaban J connectivity index is 2.48. The van der Waals surface area contributed by atoms with Crippen molar-refractivity contribution >= 4 is 46.6 Å². The molecule has 0 bridgehead atoms. The number of aromatic nitrogens is 2. The van der Waals surface area contributed by atoms with Crippen LogP contribution in [0.5, 0.6) is 11.6 Å². The second kappa shape index (κ2) is 9.25. The predicted molar refractivity (Wildman–Crippen MR) is 108 cm³/mol. The first-order valence-corrected chi connectivity index (χ1v) is 8.88. The molecular weight excluding hydrogens is 439 g/mol. The van der Waals surface area contributed by atoms with E-state index >= 15 is 0 Å². The lowest BCUT2D eigenvalue weighted by Gasteiger charge is -2.17. The molecule has 2 aromatic rings. The fraction of sp³-hybridized carbons (Fsp3) is 0.176. The normalized spacial score (nSPS) is 11.1. The van der Waals surface area contributed by atoms with Crippen LogP contribution in [0.4, 0.5) is 10.5 Å². The molecule has 1 aromatic carbocycles. The van der Waals surface area contributed by atoms with Crippen molar-refractivity contribution in [1.82, 2.24) is 10.2 Å². The fourth-order valence-corrected chi connectivity index (χ4v) is 2.75. The van der Waals surface area contributed by atoms with E-state index in [-0.39, 0.29) is 38.8 Å². The van der Waals surface area contributed by atoms with Gasteiger partial charge in [-0.2, -0.15) is 10.3 Å². The number of hydrazone groups is 1. The summed E-state index contributed by atoms with van der Waals surface area (Å²) < 4.78 is 5.56. The number of urea groups is 1. The number of carboxylic acids is 1. The minimum atomic E-state index is -1.66. The molecular formula is C17H14Cl2N6O5. The number of rotatable bonds is 6. The van der Waals surface area contributed by atoms with Crippen molar-refractivity contribution in [1.29, 1.82) is 5.26 Å². The minimum absolute atomic E-state index is 0.0114. The number of benzene rings is 1. The molecule has 11 nitrogen and oxygen atoms in total. The topological polar surface area (TPSA) is 175 Å². The highest BCUT2D eigenvalue weighted by atomic mass is 35.5. The lowest BCUT2D eigenvalue weighted by atomic mass is 10.1. The van der Waals surface area contributed by atoms with E-state index in [4.69, 9.17) is 44.0 Å². The number of anilines is 1. The number of nitrogens with zero attached hydrogens (tertiary/aromatic N) is 4. The number of H-pyrrole nitrogens is 1. The molecule has 156 valence electrons. The maximum absolute atomic E-state index is 11.8. The third-order valence-corrected chi connectivity index (χ3v) is 4.14. The number of aliphatic carboxylic acids is 1. The van der Waals surface area contributed by atoms with Gasteiger partial charge in [-0.15, -0.1) is 10.2 Å². The molecule has 0 fully saturated rings. The highest BCUT2D eigenvalue weighted by Crippen LogP contribution is 2.39. The summed E-state index contributed by atoms with van der Waals surface area (Å²) in [6.07, 6.45) is 0. The van der Waals surface area contributed by atoms with E-state index in [1.807, 2.05) is 13.8 Å². The van der Waals surface area contributed by atoms with Crippen LogP contribution in [0.2, 0.25) is 10.0 Å². The maximum atomic E-state index is 11.8. The Bertz CT molecular complexity index is 1120. The van der Waals surface area contributed by atoms with Crippen molar-refractivity contribution in [3.05, 3.63) is 44.2 Å². The molecule has 0 saturated heterocycles. The molecule has 4 N–H and O–H groups in total. The number of amides is 2. The number of nitrogens with two attached hydrogens (primary N) is 1. The van der Waals surface area contributed by atoms with E-state index in [9.17, 15) is 14.4 Å². The summed E-state index contributed by atoms with van der Waals surface area (Å²) in [7, 11) is 0. The smallest absolute Gasteiger partial charge is 0.367 e. The van der Waals surface area contributed by atoms with Gasteiger partial charge >= 0.3 is 12.0 Å². The van der Waals surface area contributed by atoms with Gasteiger partial charge in [0.05, 0.1) is 15.7 Å². The van der Waals surface area contributed by atoms with Crippen LogP contribution in [0, 0.1) is 11.3 Å². The number of nitrogens with one attached hydrogen (secondary N) is 1. The Kier molecular flexibility index (Phi) is 6.99. The molecule has 2 rings (SSSR count). The Morgan fingerprint density at radius 3 is 2.40 bits per heavy atom. The number of hydrogen-bond donors (Lipinski definition) is 3. The Labute approximate surface area is 179 Å². The lowest BCUT2D eigenvalue weighted by molar-refractivity contribution is -0.129. The molecule has 0 unspecified atom stereocenters. The molecule has 30 heavy (non-hydrogen) atoms. The van der Waals surface area contributed by atoms with Crippen molar-refractivity contribution in [3.63, 3.8) is 0 Å². The number of carbonyl (C=O) groups excluding carboxylic acids is 1. The molecule has 2 amide bonds. The average Bonchev–Trinajstić information content (AvgIpc) is 2.65. The van der Waals surface area contributed by atoms with Crippen molar-refractivity contribution in [2.24, 2.45) is 10.8 Å². The number of primary amides is 1. The second-order valence-corrected chi connectivity index (χ2v) is 6.82. The molecule has 0 spiro atoms. The SMILES string of the molecule is CC(C)c1cc(Oc2c(Cl)cc(N(/N=C(\C#N)C(=O)O)C(N)=O)cc2Cl)n[nH]c1=O. The molecule has 0 atom stereocenters. The first-order chi connectivity index (χ1) is 14.0. The highest BCUT2D eigenvalue weighted by molar-refractivity contribution is 6.42. The zero-order chi connectivity index (χ0) is 22.6. The summed E-state index contributed by atoms with van der Waals surface area (Å²) in [6, 6.07) is 3.90. The Morgan fingerprint density at radius 1 is 1.33 bits per heavy atom. The van der Waals surface area contributed by atoms with Crippen LogP contribution in [0.25, 0.3) is 0 Å². The van der Waals surface area contributed by atoms with Gasteiger partial charge in [0.25, 0.3) is 5.56 Å². The third-order valence-electron chi connectivity index (χ3n) is 3.58. The van der Waals surface area contributed by atoms with E-state index in [2.05, 4.69) is 15.3 Å². The van der Waals surface area contributed by atoms with Crippen molar-refractivity contribution < 1.29 is 19.4 Å². The number of carboxylic acid groups (broad SMARTS) is 1. The number of ether oxygens (including phenoxy) is 1. The third kappa shape index (κ3) is 5.05. The maximum Gasteiger partial charge on any atom is 0.367 e. The van der Waals surface area contributed by atoms with Gasteiger partial charge in [0, 0.05) is 11.6 Å². The van der Waals surface area contributed by atoms with Crippen LogP contribution < -0.4 is 21.0 Å². The minimum Gasteiger partial charge on any atom is -0.476 e. The van der Waals surface area contributed by atoms with E-state index < -0.39 is 17.7 Å². The standard InChI is InChI=1S/C17H14Cl2N6O5/c1-7(2)9-5-13(22-23-15(9)26)30-14-10(18)3-8(4-11(14)19)25(17(21)29)24-12(6-20)16(27)28/h3-5,7H,1-2H3,(H2,21,29)(H,23,26)(H,27,28)/b24-12+. The number of halogens is 2. The zero-order valence-corrected chi connectivity index (χ0v) is 17.0. The van der Waals surface area contributed by atoms with Crippen LogP contribution in [0.15, 0.2) is 28.1 Å². The molecule has 13 heteroatoms.